The van der Waals surface area contributed by atoms with Gasteiger partial charge in [-0.15, -0.1) is 0 Å². The molecule has 0 unspecified atom stereocenters. The van der Waals surface area contributed by atoms with Gasteiger partial charge in [0, 0.05) is 31.7 Å². The lowest BCUT2D eigenvalue weighted by Crippen LogP contribution is -2.38. The lowest BCUT2D eigenvalue weighted by atomic mass is 9.90. The predicted octanol–water partition coefficient (Wildman–Crippen LogP) is 2.23. The Morgan fingerprint density at radius 2 is 2.06 bits per heavy atom. The maximum atomic E-state index is 14.5. The molecule has 0 aromatic carbocycles. The van der Waals surface area contributed by atoms with E-state index in [0.29, 0.717) is 18.7 Å². The molecule has 1 aromatic rings. The van der Waals surface area contributed by atoms with Crippen LogP contribution >= 0.6 is 0 Å². The van der Waals surface area contributed by atoms with E-state index in [1.54, 1.807) is 4.90 Å². The highest BCUT2D eigenvalue weighted by Gasteiger charge is 2.39. The molecule has 3 nitrogen and oxygen atoms in total. The van der Waals surface area contributed by atoms with Crippen LogP contribution in [0.2, 0.25) is 0 Å². The van der Waals surface area contributed by atoms with Crippen molar-refractivity contribution in [3.8, 4) is 0 Å². The van der Waals surface area contributed by atoms with Crippen LogP contribution in [0.25, 0.3) is 0 Å². The normalized spacial score (nSPS) is 21.1. The Balaban J connectivity index is 2.11. The molecule has 0 atom stereocenters. The topological polar surface area (TPSA) is 25.2 Å². The van der Waals surface area contributed by atoms with Gasteiger partial charge in [0.25, 0.3) is 5.91 Å². The Labute approximate surface area is 107 Å². The first-order valence-corrected chi connectivity index (χ1v) is 6.63. The summed E-state index contributed by atoms with van der Waals surface area (Å²) in [6.07, 6.45) is 1.51. The minimum atomic E-state index is -0.265. The van der Waals surface area contributed by atoms with Gasteiger partial charge in [-0.2, -0.15) is 0 Å². The van der Waals surface area contributed by atoms with Crippen LogP contribution in [0, 0.1) is 11.2 Å². The number of halogens is 1. The quantitative estimate of drug-likeness (QED) is 0.750. The lowest BCUT2D eigenvalue weighted by Gasteiger charge is -2.27. The van der Waals surface area contributed by atoms with Crippen molar-refractivity contribution in [2.45, 2.75) is 40.2 Å². The highest BCUT2D eigenvalue weighted by atomic mass is 19.1. The van der Waals surface area contributed by atoms with E-state index < -0.39 is 0 Å². The fraction of sp³-hybridized carbons (Fsp3) is 0.643. The molecule has 18 heavy (non-hydrogen) atoms. The smallest absolute Gasteiger partial charge is 0.258 e. The van der Waals surface area contributed by atoms with Crippen LogP contribution in [0.1, 0.15) is 42.5 Å². The number of likely N-dealkylation sites (N-methyl/N-ethyl adjacent to an activating group) is 1. The third-order valence-corrected chi connectivity index (χ3v) is 4.15. The second-order valence-electron chi connectivity index (χ2n) is 6.14. The van der Waals surface area contributed by atoms with Gasteiger partial charge in [-0.3, -0.25) is 4.79 Å². The van der Waals surface area contributed by atoms with Gasteiger partial charge in [0.1, 0.15) is 0 Å². The summed E-state index contributed by atoms with van der Waals surface area (Å²) < 4.78 is 16.5. The van der Waals surface area contributed by atoms with E-state index in [9.17, 15) is 9.18 Å². The Morgan fingerprint density at radius 3 is 2.72 bits per heavy atom. The molecule has 0 saturated heterocycles. The molecule has 0 aliphatic carbocycles. The van der Waals surface area contributed by atoms with E-state index in [4.69, 9.17) is 0 Å². The largest absolute Gasteiger partial charge is 0.344 e. The summed E-state index contributed by atoms with van der Waals surface area (Å²) in [6, 6.07) is 0. The molecule has 98 valence electrons. The van der Waals surface area contributed by atoms with E-state index in [1.807, 2.05) is 6.92 Å². The minimum Gasteiger partial charge on any atom is -0.344 e. The molecule has 2 aliphatic rings. The van der Waals surface area contributed by atoms with E-state index in [2.05, 4.69) is 18.4 Å². The maximum absolute atomic E-state index is 14.5. The second-order valence-corrected chi connectivity index (χ2v) is 6.14. The van der Waals surface area contributed by atoms with E-state index in [-0.39, 0.29) is 17.1 Å². The molecular formula is C14H19FN2O. The van der Waals surface area contributed by atoms with Crippen LogP contribution in [-0.2, 0) is 19.4 Å². The Bertz CT molecular complexity index is 530. The summed E-state index contributed by atoms with van der Waals surface area (Å²) in [5, 5.41) is 0. The molecule has 4 heteroatoms. The fourth-order valence-corrected chi connectivity index (χ4v) is 3.27. The molecular weight excluding hydrogens is 231 g/mol. The number of hydrogen-bond donors (Lipinski definition) is 0. The van der Waals surface area contributed by atoms with E-state index >= 15 is 0 Å². The Morgan fingerprint density at radius 1 is 1.33 bits per heavy atom. The van der Waals surface area contributed by atoms with Gasteiger partial charge in [0.2, 0.25) is 0 Å². The number of fused-ring (bicyclic) bond motifs is 3. The van der Waals surface area contributed by atoms with Crippen molar-refractivity contribution >= 4 is 5.91 Å². The number of hydrogen-bond acceptors (Lipinski definition) is 1. The molecule has 0 spiro atoms. The van der Waals surface area contributed by atoms with Gasteiger partial charge in [0.15, 0.2) is 5.82 Å². The highest BCUT2D eigenvalue weighted by Crippen LogP contribution is 2.39. The summed E-state index contributed by atoms with van der Waals surface area (Å²) in [4.78, 5) is 13.9. The summed E-state index contributed by atoms with van der Waals surface area (Å²) >= 11 is 0. The van der Waals surface area contributed by atoms with Crippen molar-refractivity contribution in [2.24, 2.45) is 5.41 Å². The molecule has 3 heterocycles. The minimum absolute atomic E-state index is 0.107. The third kappa shape index (κ3) is 1.44. The van der Waals surface area contributed by atoms with Crippen molar-refractivity contribution in [3.05, 3.63) is 22.8 Å². The van der Waals surface area contributed by atoms with E-state index in [0.717, 1.165) is 30.8 Å². The van der Waals surface area contributed by atoms with Gasteiger partial charge < -0.3 is 9.47 Å². The lowest BCUT2D eigenvalue weighted by molar-refractivity contribution is 0.0741. The Kier molecular flexibility index (Phi) is 2.34. The van der Waals surface area contributed by atoms with Gasteiger partial charge in [-0.25, -0.2) is 4.39 Å². The number of carbonyl (C=O) groups excluding carboxylic acids is 1. The zero-order chi connectivity index (χ0) is 13.1. The highest BCUT2D eigenvalue weighted by molar-refractivity contribution is 5.97. The van der Waals surface area contributed by atoms with Crippen molar-refractivity contribution in [1.29, 1.82) is 0 Å². The molecule has 2 aliphatic heterocycles. The molecule has 1 amide bonds. The van der Waals surface area contributed by atoms with E-state index in [1.165, 1.54) is 0 Å². The molecule has 1 aromatic heterocycles. The molecule has 0 fully saturated rings. The summed E-state index contributed by atoms with van der Waals surface area (Å²) in [5.74, 6) is -0.394. The Hall–Kier alpha value is -1.32. The summed E-state index contributed by atoms with van der Waals surface area (Å²) in [5.41, 5.74) is 2.10. The van der Waals surface area contributed by atoms with Crippen LogP contribution < -0.4 is 0 Å². The first kappa shape index (κ1) is 11.8. The van der Waals surface area contributed by atoms with Crippen LogP contribution in [0.5, 0.6) is 0 Å². The summed E-state index contributed by atoms with van der Waals surface area (Å²) in [7, 11) is 0. The monoisotopic (exact) mass is 250 g/mol. The third-order valence-electron chi connectivity index (χ3n) is 4.15. The first-order valence-electron chi connectivity index (χ1n) is 6.63. The van der Waals surface area contributed by atoms with Crippen molar-refractivity contribution in [1.82, 2.24) is 9.47 Å². The van der Waals surface area contributed by atoms with Crippen LogP contribution in [0.4, 0.5) is 4.39 Å². The number of carbonyl (C=O) groups is 1. The van der Waals surface area contributed by atoms with Gasteiger partial charge >= 0.3 is 0 Å². The van der Waals surface area contributed by atoms with Crippen LogP contribution in [0.15, 0.2) is 0 Å². The second kappa shape index (κ2) is 3.59. The fourth-order valence-electron chi connectivity index (χ4n) is 3.27. The van der Waals surface area contributed by atoms with Gasteiger partial charge in [-0.05, 0) is 18.8 Å². The molecule has 0 N–H and O–H groups in total. The maximum Gasteiger partial charge on any atom is 0.258 e. The number of aromatic nitrogens is 1. The van der Waals surface area contributed by atoms with Crippen LogP contribution in [0.3, 0.4) is 0 Å². The average molecular weight is 250 g/mol. The van der Waals surface area contributed by atoms with Crippen molar-refractivity contribution in [2.75, 3.05) is 13.1 Å². The predicted molar refractivity (Wildman–Crippen MR) is 67.2 cm³/mol. The number of rotatable bonds is 1. The first-order chi connectivity index (χ1) is 8.44. The van der Waals surface area contributed by atoms with Gasteiger partial charge in [0.05, 0.1) is 11.3 Å². The summed E-state index contributed by atoms with van der Waals surface area (Å²) in [6.45, 7) is 8.43. The molecule has 0 bridgehead atoms. The van der Waals surface area contributed by atoms with Crippen LogP contribution in [-0.4, -0.2) is 28.5 Å². The zero-order valence-electron chi connectivity index (χ0n) is 11.2. The SMILES string of the molecule is CCN1CCc2c(c(F)c3n2CC(C)(C)C3)C1=O. The standard InChI is InChI=1S/C14H19FN2O/c1-4-16-6-5-9-11(13(16)18)12(15)10-7-14(2,3)8-17(9)10/h4-8H2,1-3H3. The number of nitrogens with zero attached hydrogens (tertiary/aromatic N) is 2. The molecule has 3 rings (SSSR count). The zero-order valence-corrected chi connectivity index (χ0v) is 11.2. The average Bonchev–Trinajstić information content (AvgIpc) is 2.74. The molecule has 0 radical (unpaired) electrons. The molecule has 0 saturated carbocycles. The van der Waals surface area contributed by atoms with Gasteiger partial charge in [-0.1, -0.05) is 13.8 Å². The van der Waals surface area contributed by atoms with Crippen molar-refractivity contribution in [3.63, 3.8) is 0 Å². The number of amides is 1. The van der Waals surface area contributed by atoms with Crippen molar-refractivity contribution < 1.29 is 9.18 Å².